The van der Waals surface area contributed by atoms with Crippen molar-refractivity contribution in [2.24, 2.45) is 45.9 Å². The van der Waals surface area contributed by atoms with Gasteiger partial charge in [-0.3, -0.25) is 115 Å². The Balaban J connectivity index is -0.000000934. The summed E-state index contributed by atoms with van der Waals surface area (Å²) in [6, 6.07) is -20.5. The van der Waals surface area contributed by atoms with E-state index >= 15 is 0 Å². The third-order valence-corrected chi connectivity index (χ3v) is 20.0. The van der Waals surface area contributed by atoms with Crippen LogP contribution in [-0.2, 0) is 172 Å². The quantitative estimate of drug-likeness (QED) is 0.0153. The van der Waals surface area contributed by atoms with Crippen molar-refractivity contribution >= 4 is 166 Å². The van der Waals surface area contributed by atoms with Crippen LogP contribution in [0.15, 0.2) is 0 Å². The number of hydrogen-bond donors (Lipinski definition) is 28. The second-order valence-electron chi connectivity index (χ2n) is 31.8. The van der Waals surface area contributed by atoms with E-state index in [-0.39, 0.29) is 135 Å². The first-order valence-electron chi connectivity index (χ1n) is 45.2. The average molecular weight is 2130 g/mol. The summed E-state index contributed by atoms with van der Waals surface area (Å²) in [5, 5.41) is 98.5. The Hall–Kier alpha value is -15.2. The molecule has 12 amide bonds. The standard InChI is InChI=1S/C22H37N5O11.2C21H35N5O11.C20H33N5O11/c1-37-18(32)11-15(22(36)38-2)27-21(35)14(26-20(34)13(24)7-9-17(30)31)5-3-4-10-25-19(33)12(23)6-8-16(28)29;1-36-17(31)10-14(21(35)37-2)26-20(34)13(25-19(33)11(22)6-7-15(27)28)5-3-4-8-24-18(32)12(23)9-16(29)30;1-36-17(31)10-14(21(35)37-2)26-20(34)13(25-19(33)12(23)9-16(29)30)5-3-4-8-24-18(32)11(22)6-7-15(27)28;1-35-16(30)9-13(20(34)36-2)25-19(33)12(24-18(32)11(22)8-15(28)29)5-3-4-6-23-17(31)10(21)7-14(26)27/h12-15H,3-11,23-24H2,1-2H3,(H,25,33)(H,26,34)(H,27,35)(H,28,29)(H,30,31);2*11-14H,3-10,22-23H2,1-2H3,(H,24,32)(H,25,33)(H,26,34)(H,27,28)(H,29,30);10-13H,3-9,21-22H2,1-2H3,(H,23,31)(H,24,32)(H,25,33)(H,26,27)(H,28,29). The van der Waals surface area contributed by atoms with Crippen molar-refractivity contribution in [2.45, 2.75) is 276 Å². The highest BCUT2D eigenvalue weighted by atomic mass is 16.6. The molecule has 0 saturated carbocycles. The minimum absolute atomic E-state index is 0.00634. The van der Waals surface area contributed by atoms with Gasteiger partial charge in [0.05, 0.1) is 157 Å². The van der Waals surface area contributed by atoms with Crippen molar-refractivity contribution < 1.29 is 213 Å². The lowest BCUT2D eigenvalue weighted by Gasteiger charge is -2.23. The van der Waals surface area contributed by atoms with Crippen LogP contribution in [0.1, 0.15) is 180 Å². The molecule has 0 aliphatic carbocycles. The number of hydrogen-bond acceptors (Lipinski definition) is 44. The first kappa shape index (κ1) is 139. The van der Waals surface area contributed by atoms with Crippen molar-refractivity contribution in [2.75, 3.05) is 83.1 Å². The Morgan fingerprint density at radius 2 is 0.338 bits per heavy atom. The molecule has 0 aromatic rings. The topological polar surface area (TPSA) is 1070 Å². The van der Waals surface area contributed by atoms with Gasteiger partial charge in [-0.2, -0.15) is 0 Å². The predicted octanol–water partition coefficient (Wildman–Crippen LogP) is -12.1. The molecule has 16 unspecified atom stereocenters. The minimum Gasteiger partial charge on any atom is -0.481 e. The molecule has 16 atom stereocenters. The van der Waals surface area contributed by atoms with E-state index in [9.17, 15) is 134 Å². The van der Waals surface area contributed by atoms with E-state index in [0.717, 1.165) is 56.9 Å². The molecule has 0 radical (unpaired) electrons. The Bertz CT molecular complexity index is 4410. The second kappa shape index (κ2) is 79.2. The fraction of sp³-hybridized carbons (Fsp3) is 0.667. The van der Waals surface area contributed by atoms with Crippen LogP contribution in [0, 0.1) is 0 Å². The lowest BCUT2D eigenvalue weighted by molar-refractivity contribution is -0.151. The van der Waals surface area contributed by atoms with E-state index in [0.29, 0.717) is 19.3 Å². The molecule has 0 bridgehead atoms. The number of rotatable bonds is 72. The highest BCUT2D eigenvalue weighted by Crippen LogP contribution is 2.14. The Labute approximate surface area is 845 Å². The van der Waals surface area contributed by atoms with Crippen molar-refractivity contribution in [3.05, 3.63) is 0 Å². The van der Waals surface area contributed by atoms with Gasteiger partial charge in [-0.15, -0.1) is 0 Å². The van der Waals surface area contributed by atoms with Gasteiger partial charge in [-0.05, 0) is 103 Å². The summed E-state index contributed by atoms with van der Waals surface area (Å²) in [6.45, 7) is 0.459. The number of unbranched alkanes of at least 4 members (excludes halogenated alkanes) is 4. The van der Waals surface area contributed by atoms with E-state index in [4.69, 9.17) is 86.7 Å². The summed E-state index contributed by atoms with van der Waals surface area (Å²) in [7, 11) is 8.55. The van der Waals surface area contributed by atoms with Crippen LogP contribution in [0.4, 0.5) is 0 Å². The van der Waals surface area contributed by atoms with Gasteiger partial charge >= 0.3 is 95.5 Å². The maximum Gasteiger partial charge on any atom is 0.328 e. The van der Waals surface area contributed by atoms with Crippen molar-refractivity contribution in [1.29, 1.82) is 0 Å². The Morgan fingerprint density at radius 3 is 0.500 bits per heavy atom. The normalized spacial score (nSPS) is 13.7. The fourth-order valence-corrected chi connectivity index (χ4v) is 11.6. The summed E-state index contributed by atoms with van der Waals surface area (Å²) in [5.41, 5.74) is 44.6. The van der Waals surface area contributed by atoms with Crippen LogP contribution in [0.5, 0.6) is 0 Å². The maximum atomic E-state index is 12.9. The molecule has 0 aromatic heterocycles. The molecule has 64 nitrogen and oxygen atoms in total. The largest absolute Gasteiger partial charge is 0.481 e. The van der Waals surface area contributed by atoms with Crippen LogP contribution >= 0.6 is 0 Å². The number of amides is 12. The van der Waals surface area contributed by atoms with E-state index in [2.05, 4.69) is 102 Å². The van der Waals surface area contributed by atoms with Gasteiger partial charge in [0.25, 0.3) is 0 Å². The molecule has 0 aromatic carbocycles. The van der Waals surface area contributed by atoms with Crippen LogP contribution in [0.3, 0.4) is 0 Å². The number of aliphatic carboxylic acids is 8. The van der Waals surface area contributed by atoms with Crippen LogP contribution < -0.4 is 110 Å². The molecule has 0 saturated heterocycles. The van der Waals surface area contributed by atoms with Gasteiger partial charge in [-0.25, -0.2) is 19.2 Å². The molecule has 0 aliphatic rings. The molecule has 148 heavy (non-hydrogen) atoms. The van der Waals surface area contributed by atoms with E-state index in [1.54, 1.807) is 0 Å². The molecule has 36 N–H and O–H groups in total. The zero-order chi connectivity index (χ0) is 114. The lowest BCUT2D eigenvalue weighted by Crippen LogP contribution is -2.55. The number of carbonyl (C=O) groups excluding carboxylic acids is 20. The summed E-state index contributed by atoms with van der Waals surface area (Å²) in [4.78, 5) is 328. The Kier molecular flexibility index (Phi) is 74.4. The zero-order valence-corrected chi connectivity index (χ0v) is 82.8. The number of carboxylic acid groups (broad SMARTS) is 8. The van der Waals surface area contributed by atoms with E-state index in [1.165, 1.54) is 0 Å². The van der Waals surface area contributed by atoms with Gasteiger partial charge in [0.15, 0.2) is 0 Å². The molecule has 0 spiro atoms. The average Bonchev–Trinajstić information content (AvgIpc) is 0.879. The maximum absolute atomic E-state index is 12.9. The second-order valence-corrected chi connectivity index (χ2v) is 31.8. The molecule has 64 heteroatoms. The molecule has 0 rings (SSSR count). The van der Waals surface area contributed by atoms with Crippen LogP contribution in [0.25, 0.3) is 0 Å². The smallest absolute Gasteiger partial charge is 0.328 e. The molecular weight excluding hydrogens is 1990 g/mol. The van der Waals surface area contributed by atoms with Crippen molar-refractivity contribution in [3.8, 4) is 0 Å². The van der Waals surface area contributed by atoms with E-state index < -0.39 is 314 Å². The monoisotopic (exact) mass is 2130 g/mol. The van der Waals surface area contributed by atoms with Crippen LogP contribution in [0.2, 0.25) is 0 Å². The number of methoxy groups -OCH3 is 8. The minimum atomic E-state index is -1.46. The SMILES string of the molecule is COC(=O)CC(NC(=O)C(CCCCNC(=O)C(N)CC(=O)O)NC(=O)C(N)CC(=O)O)C(=O)OC.COC(=O)CC(NC(=O)C(CCCCNC(=O)C(N)CC(=O)O)NC(=O)C(N)CCC(=O)O)C(=O)OC.COC(=O)CC(NC(=O)C(CCCCNC(=O)C(N)CCC(=O)O)NC(=O)C(N)CC(=O)O)C(=O)OC.COC(=O)CC(NC(=O)C(CCCCNC(=O)C(N)CCC(=O)O)NC(=O)C(N)CCC(=O)O)C(=O)OC. The fourth-order valence-electron chi connectivity index (χ4n) is 11.6. The molecule has 0 fully saturated rings. The number of nitrogens with two attached hydrogens (primary N) is 8. The van der Waals surface area contributed by atoms with E-state index in [1.807, 2.05) is 0 Å². The highest BCUT2D eigenvalue weighted by molar-refractivity contribution is 5.98. The van der Waals surface area contributed by atoms with Gasteiger partial charge in [0.2, 0.25) is 70.9 Å². The number of carbonyl (C=O) groups is 28. The first-order chi connectivity index (χ1) is 69.3. The molecule has 0 heterocycles. The van der Waals surface area contributed by atoms with Crippen molar-refractivity contribution in [3.63, 3.8) is 0 Å². The third-order valence-electron chi connectivity index (χ3n) is 20.0. The molecule has 840 valence electrons. The third kappa shape index (κ3) is 67.4. The summed E-state index contributed by atoms with van der Waals surface area (Å²) in [6.07, 6.45) is -4.07. The van der Waals surface area contributed by atoms with Gasteiger partial charge in [-0.1, -0.05) is 0 Å². The lowest BCUT2D eigenvalue weighted by atomic mass is 10.1. The molecule has 0 aliphatic heterocycles. The van der Waals surface area contributed by atoms with Crippen molar-refractivity contribution in [1.82, 2.24) is 63.8 Å². The highest BCUT2D eigenvalue weighted by Gasteiger charge is 2.37. The first-order valence-corrected chi connectivity index (χ1v) is 45.2. The van der Waals surface area contributed by atoms with Gasteiger partial charge in [0, 0.05) is 51.9 Å². The summed E-state index contributed by atoms with van der Waals surface area (Å²) < 4.78 is 36.3. The number of esters is 8. The number of ether oxygens (including phenoxy) is 8. The molecular formula is C84H140N20O44. The summed E-state index contributed by atoms with van der Waals surface area (Å²) in [5.74, 6) is -25.9. The van der Waals surface area contributed by atoms with Gasteiger partial charge in [0.1, 0.15) is 48.3 Å². The number of nitrogens with one attached hydrogen (secondary N) is 12. The predicted molar refractivity (Wildman–Crippen MR) is 498 cm³/mol. The Morgan fingerprint density at radius 1 is 0.182 bits per heavy atom. The number of carboxylic acids is 8. The zero-order valence-electron chi connectivity index (χ0n) is 82.8. The van der Waals surface area contributed by atoms with Gasteiger partial charge < -0.3 is 188 Å². The summed E-state index contributed by atoms with van der Waals surface area (Å²) >= 11 is 0. The van der Waals surface area contributed by atoms with Crippen LogP contribution in [-0.4, -0.2) is 387 Å².